The molecule has 1 fully saturated rings. The van der Waals surface area contributed by atoms with Gasteiger partial charge in [0.2, 0.25) is 5.91 Å². The molecule has 3 rings (SSSR count). The highest BCUT2D eigenvalue weighted by molar-refractivity contribution is 5.80. The van der Waals surface area contributed by atoms with Crippen LogP contribution in [0.2, 0.25) is 0 Å². The van der Waals surface area contributed by atoms with Crippen LogP contribution in [0.5, 0.6) is 5.75 Å². The van der Waals surface area contributed by atoms with E-state index in [1.54, 1.807) is 12.1 Å². The van der Waals surface area contributed by atoms with E-state index < -0.39 is 12.1 Å². The van der Waals surface area contributed by atoms with Crippen molar-refractivity contribution in [3.63, 3.8) is 0 Å². The Hall–Kier alpha value is -2.87. The lowest BCUT2D eigenvalue weighted by atomic mass is 10.1. The van der Waals surface area contributed by atoms with Crippen molar-refractivity contribution in [1.29, 1.82) is 0 Å². The molecule has 0 radical (unpaired) electrons. The van der Waals surface area contributed by atoms with Crippen molar-refractivity contribution in [2.45, 2.75) is 33.0 Å². The van der Waals surface area contributed by atoms with E-state index in [0.29, 0.717) is 18.9 Å². The van der Waals surface area contributed by atoms with Crippen LogP contribution in [0.4, 0.5) is 0 Å². The van der Waals surface area contributed by atoms with Crippen molar-refractivity contribution >= 4 is 11.9 Å². The van der Waals surface area contributed by atoms with Crippen molar-refractivity contribution in [3.8, 4) is 5.75 Å². The quantitative estimate of drug-likeness (QED) is 0.821. The minimum atomic E-state index is -1.05. The van der Waals surface area contributed by atoms with Gasteiger partial charge >= 0.3 is 5.97 Å². The van der Waals surface area contributed by atoms with E-state index >= 15 is 0 Å². The van der Waals surface area contributed by atoms with Crippen LogP contribution in [0.1, 0.15) is 22.6 Å². The molecule has 1 aliphatic rings. The Kier molecular flexibility index (Phi) is 5.75. The number of ether oxygens (including phenoxy) is 2. The molecule has 8 heteroatoms. The average molecular weight is 374 g/mol. The summed E-state index contributed by atoms with van der Waals surface area (Å²) in [5.74, 6) is 0.254. The van der Waals surface area contributed by atoms with Gasteiger partial charge in [0.25, 0.3) is 0 Å². The fraction of sp³-hybridized carbons (Fsp3) is 0.421. The molecule has 1 atom stereocenters. The van der Waals surface area contributed by atoms with Gasteiger partial charge in [0.05, 0.1) is 30.8 Å². The number of aliphatic carboxylic acids is 1. The maximum atomic E-state index is 12.4. The number of aromatic nitrogens is 1. The third kappa shape index (κ3) is 4.65. The second-order valence-corrected chi connectivity index (χ2v) is 6.45. The molecule has 0 spiro atoms. The molecule has 1 amide bonds. The minimum absolute atomic E-state index is 0.0762. The summed E-state index contributed by atoms with van der Waals surface area (Å²) in [5, 5.41) is 12.9. The first-order chi connectivity index (χ1) is 12.9. The molecule has 0 saturated carbocycles. The van der Waals surface area contributed by atoms with Gasteiger partial charge in [0, 0.05) is 6.54 Å². The number of morpholine rings is 1. The highest BCUT2D eigenvalue weighted by atomic mass is 16.5. The zero-order valence-electron chi connectivity index (χ0n) is 15.3. The summed E-state index contributed by atoms with van der Waals surface area (Å²) in [6, 6.07) is 7.27. The largest absolute Gasteiger partial charge is 0.489 e. The molecule has 1 saturated heterocycles. The van der Waals surface area contributed by atoms with E-state index in [9.17, 15) is 9.59 Å². The van der Waals surface area contributed by atoms with Gasteiger partial charge in [-0.25, -0.2) is 4.79 Å². The first-order valence-electron chi connectivity index (χ1n) is 8.69. The summed E-state index contributed by atoms with van der Waals surface area (Å²) in [5.41, 5.74) is 2.57. The van der Waals surface area contributed by atoms with Crippen molar-refractivity contribution in [1.82, 2.24) is 10.1 Å². The zero-order valence-corrected chi connectivity index (χ0v) is 15.3. The zero-order chi connectivity index (χ0) is 19.4. The average Bonchev–Trinajstić information content (AvgIpc) is 2.99. The number of nitrogens with zero attached hydrogens (tertiary/aromatic N) is 2. The van der Waals surface area contributed by atoms with Crippen LogP contribution < -0.4 is 4.74 Å². The molecule has 0 aliphatic carbocycles. The lowest BCUT2D eigenvalue weighted by Gasteiger charge is -2.31. The molecule has 2 aromatic rings. The summed E-state index contributed by atoms with van der Waals surface area (Å²) in [4.78, 5) is 25.0. The Labute approximate surface area is 156 Å². The number of carbonyl (C=O) groups excluding carboxylic acids is 1. The van der Waals surface area contributed by atoms with Crippen molar-refractivity contribution in [2.24, 2.45) is 0 Å². The highest BCUT2D eigenvalue weighted by Crippen LogP contribution is 2.18. The van der Waals surface area contributed by atoms with Crippen LogP contribution in [-0.4, -0.2) is 52.8 Å². The number of carboxylic acid groups (broad SMARTS) is 1. The number of aryl methyl sites for hydroxylation is 2. The van der Waals surface area contributed by atoms with Crippen LogP contribution in [0, 0.1) is 13.8 Å². The number of rotatable bonds is 6. The Morgan fingerprint density at radius 3 is 2.67 bits per heavy atom. The third-order valence-corrected chi connectivity index (χ3v) is 4.54. The maximum absolute atomic E-state index is 12.4. The third-order valence-electron chi connectivity index (χ3n) is 4.54. The predicted molar refractivity (Wildman–Crippen MR) is 94.4 cm³/mol. The van der Waals surface area contributed by atoms with Crippen molar-refractivity contribution in [2.75, 3.05) is 19.7 Å². The molecule has 0 bridgehead atoms. The van der Waals surface area contributed by atoms with Gasteiger partial charge in [-0.05, 0) is 31.5 Å². The van der Waals surface area contributed by atoms with E-state index in [-0.39, 0.29) is 25.5 Å². The molecule has 1 aromatic carbocycles. The number of carboxylic acids is 1. The number of carbonyl (C=O) groups is 2. The highest BCUT2D eigenvalue weighted by Gasteiger charge is 2.28. The molecule has 2 heterocycles. The molecular weight excluding hydrogens is 352 g/mol. The fourth-order valence-electron chi connectivity index (χ4n) is 2.88. The lowest BCUT2D eigenvalue weighted by Crippen LogP contribution is -2.49. The topological polar surface area (TPSA) is 102 Å². The standard InChI is InChI=1S/C19H22N2O6/c1-12-16(13(2)27-20-12)11-26-15-5-3-14(4-6-15)9-18(22)21-7-8-25-17(10-21)19(23)24/h3-6,17H,7-11H2,1-2H3,(H,23,24)/t17-/m0/s1. The fourth-order valence-corrected chi connectivity index (χ4v) is 2.88. The summed E-state index contributed by atoms with van der Waals surface area (Å²) in [6.07, 6.45) is -0.751. The lowest BCUT2D eigenvalue weighted by molar-refractivity contribution is -0.159. The van der Waals surface area contributed by atoms with Gasteiger partial charge < -0.3 is 24.0 Å². The van der Waals surface area contributed by atoms with Crippen LogP contribution in [0.3, 0.4) is 0 Å². The maximum Gasteiger partial charge on any atom is 0.334 e. The van der Waals surface area contributed by atoms with Crippen LogP contribution in [-0.2, 0) is 27.4 Å². The van der Waals surface area contributed by atoms with Crippen LogP contribution in [0.15, 0.2) is 28.8 Å². The van der Waals surface area contributed by atoms with Crippen molar-refractivity contribution in [3.05, 3.63) is 46.8 Å². The molecule has 1 N–H and O–H groups in total. The predicted octanol–water partition coefficient (Wildman–Crippen LogP) is 1.72. The molecule has 1 aromatic heterocycles. The molecule has 0 unspecified atom stereocenters. The molecule has 8 nitrogen and oxygen atoms in total. The van der Waals surface area contributed by atoms with E-state index in [2.05, 4.69) is 5.16 Å². The second-order valence-electron chi connectivity index (χ2n) is 6.45. The summed E-state index contributed by atoms with van der Waals surface area (Å²) >= 11 is 0. The molecule has 144 valence electrons. The van der Waals surface area contributed by atoms with Gasteiger partial charge in [-0.15, -0.1) is 0 Å². The summed E-state index contributed by atoms with van der Waals surface area (Å²) in [7, 11) is 0. The van der Waals surface area contributed by atoms with Gasteiger partial charge in [0.15, 0.2) is 6.10 Å². The van der Waals surface area contributed by atoms with Gasteiger partial charge in [-0.2, -0.15) is 0 Å². The van der Waals surface area contributed by atoms with Crippen LogP contribution in [0.25, 0.3) is 0 Å². The summed E-state index contributed by atoms with van der Waals surface area (Å²) in [6.45, 7) is 4.79. The van der Waals surface area contributed by atoms with Crippen LogP contribution >= 0.6 is 0 Å². The van der Waals surface area contributed by atoms with Gasteiger partial charge in [-0.3, -0.25) is 4.79 Å². The molecule has 1 aliphatic heterocycles. The van der Waals surface area contributed by atoms with E-state index in [1.807, 2.05) is 26.0 Å². The van der Waals surface area contributed by atoms with E-state index in [4.69, 9.17) is 19.1 Å². The normalized spacial score (nSPS) is 17.0. The Morgan fingerprint density at radius 1 is 1.30 bits per heavy atom. The first-order valence-corrected chi connectivity index (χ1v) is 8.69. The molecular formula is C19H22N2O6. The number of hydrogen-bond acceptors (Lipinski definition) is 6. The smallest absolute Gasteiger partial charge is 0.334 e. The summed E-state index contributed by atoms with van der Waals surface area (Å²) < 4.78 is 16.0. The number of amides is 1. The van der Waals surface area contributed by atoms with E-state index in [1.165, 1.54) is 4.90 Å². The Bertz CT molecular complexity index is 795. The SMILES string of the molecule is Cc1noc(C)c1COc1ccc(CC(=O)N2CCO[C@H](C(=O)O)C2)cc1. The second kappa shape index (κ2) is 8.22. The Morgan fingerprint density at radius 2 is 2.04 bits per heavy atom. The van der Waals surface area contributed by atoms with Gasteiger partial charge in [0.1, 0.15) is 18.1 Å². The monoisotopic (exact) mass is 374 g/mol. The molecule has 27 heavy (non-hydrogen) atoms. The van der Waals surface area contributed by atoms with Gasteiger partial charge in [-0.1, -0.05) is 17.3 Å². The van der Waals surface area contributed by atoms with E-state index in [0.717, 1.165) is 22.6 Å². The Balaban J connectivity index is 1.54. The number of benzene rings is 1. The minimum Gasteiger partial charge on any atom is -0.489 e. The number of hydrogen-bond donors (Lipinski definition) is 1. The van der Waals surface area contributed by atoms with Crippen molar-refractivity contribution < 1.29 is 28.7 Å². The first kappa shape index (κ1) is 18.9.